The molecule has 0 unspecified atom stereocenters. The Kier molecular flexibility index (Phi) is 1.39. The second-order valence-corrected chi connectivity index (χ2v) is 3.42. The first kappa shape index (κ1) is 7.04. The fraction of sp³-hybridized carbons (Fsp3) is 0.667. The molecule has 2 nitrogen and oxygen atoms in total. The number of ether oxygens (including phenoxy) is 1. The van der Waals surface area contributed by atoms with Crippen LogP contribution in [0.1, 0.15) is 19.3 Å². The van der Waals surface area contributed by atoms with Crippen LogP contribution in [-0.4, -0.2) is 18.5 Å². The van der Waals surface area contributed by atoms with Crippen molar-refractivity contribution in [2.24, 2.45) is 5.92 Å². The van der Waals surface area contributed by atoms with Gasteiger partial charge in [-0.2, -0.15) is 0 Å². The van der Waals surface area contributed by atoms with Crippen LogP contribution >= 0.6 is 0 Å². The first-order valence-corrected chi connectivity index (χ1v) is 4.03. The Balaban J connectivity index is 2.31. The lowest BCUT2D eigenvalue weighted by Gasteiger charge is -2.39. The van der Waals surface area contributed by atoms with E-state index in [0.717, 1.165) is 12.8 Å². The summed E-state index contributed by atoms with van der Waals surface area (Å²) < 4.78 is 5.33. The molecule has 0 aliphatic heterocycles. The highest BCUT2D eigenvalue weighted by molar-refractivity contribution is 5.86. The zero-order valence-electron chi connectivity index (χ0n) is 6.67. The molecule has 0 N–H and O–H groups in total. The van der Waals surface area contributed by atoms with Crippen LogP contribution in [0.15, 0.2) is 12.2 Å². The maximum atomic E-state index is 11.3. The summed E-state index contributed by atoms with van der Waals surface area (Å²) in [5.41, 5.74) is -0.230. The van der Waals surface area contributed by atoms with Crippen LogP contribution in [-0.2, 0) is 9.53 Å². The van der Waals surface area contributed by atoms with Gasteiger partial charge in [0, 0.05) is 19.4 Å². The average Bonchev–Trinajstić information content (AvgIpc) is 2.06. The summed E-state index contributed by atoms with van der Waals surface area (Å²) in [6.07, 6.45) is 6.63. The van der Waals surface area contributed by atoms with Gasteiger partial charge in [0.1, 0.15) is 5.78 Å². The second kappa shape index (κ2) is 2.18. The SMILES string of the molecule is CO[C@@]12C=C[C@@H](CC1)C(=O)C2. The lowest BCUT2D eigenvalue weighted by Crippen LogP contribution is -2.42. The molecular formula is C9H12O2. The van der Waals surface area contributed by atoms with E-state index in [2.05, 4.69) is 6.08 Å². The summed E-state index contributed by atoms with van der Waals surface area (Å²) in [5, 5.41) is 0. The van der Waals surface area contributed by atoms with E-state index in [9.17, 15) is 4.79 Å². The molecule has 60 valence electrons. The number of rotatable bonds is 1. The van der Waals surface area contributed by atoms with Gasteiger partial charge in [-0.15, -0.1) is 0 Å². The molecule has 2 atom stereocenters. The van der Waals surface area contributed by atoms with Gasteiger partial charge in [0.25, 0.3) is 0 Å². The zero-order chi connectivity index (χ0) is 7.90. The summed E-state index contributed by atoms with van der Waals surface area (Å²) >= 11 is 0. The molecule has 0 heterocycles. The minimum atomic E-state index is -0.230. The molecule has 3 aliphatic rings. The average molecular weight is 152 g/mol. The van der Waals surface area contributed by atoms with Crippen molar-refractivity contribution in [3.8, 4) is 0 Å². The van der Waals surface area contributed by atoms with E-state index in [1.807, 2.05) is 6.08 Å². The summed E-state index contributed by atoms with van der Waals surface area (Å²) in [7, 11) is 1.68. The predicted octanol–water partition coefficient (Wildman–Crippen LogP) is 1.31. The summed E-state index contributed by atoms with van der Waals surface area (Å²) in [5.74, 6) is 0.549. The standard InChI is InChI=1S/C9H12O2/c1-11-9-4-2-7(3-5-9)8(10)6-9/h2,4,7H,3,5-6H2,1H3/t7-,9-/m0/s1. The molecule has 3 rings (SSSR count). The van der Waals surface area contributed by atoms with Crippen LogP contribution in [0.25, 0.3) is 0 Å². The summed E-state index contributed by atoms with van der Waals surface area (Å²) in [6.45, 7) is 0. The number of carbonyl (C=O) groups excluding carboxylic acids is 1. The number of Topliss-reactive ketones (excluding diaryl/α,β-unsaturated/α-hetero) is 1. The highest BCUT2D eigenvalue weighted by Crippen LogP contribution is 2.38. The number of hydrogen-bond donors (Lipinski definition) is 0. The highest BCUT2D eigenvalue weighted by Gasteiger charge is 2.41. The van der Waals surface area contributed by atoms with Gasteiger partial charge in [0.05, 0.1) is 5.60 Å². The third-order valence-electron chi connectivity index (χ3n) is 2.80. The van der Waals surface area contributed by atoms with Crippen molar-refractivity contribution < 1.29 is 9.53 Å². The number of methoxy groups -OCH3 is 1. The van der Waals surface area contributed by atoms with Crippen molar-refractivity contribution in [3.63, 3.8) is 0 Å². The van der Waals surface area contributed by atoms with Crippen LogP contribution in [0, 0.1) is 5.92 Å². The van der Waals surface area contributed by atoms with Gasteiger partial charge >= 0.3 is 0 Å². The Morgan fingerprint density at radius 1 is 1.73 bits per heavy atom. The molecule has 0 amide bonds. The van der Waals surface area contributed by atoms with Crippen molar-refractivity contribution in [2.75, 3.05) is 7.11 Å². The third-order valence-corrected chi connectivity index (χ3v) is 2.80. The Bertz CT molecular complexity index is 220. The molecule has 2 heteroatoms. The zero-order valence-corrected chi connectivity index (χ0v) is 6.67. The molecule has 3 aliphatic carbocycles. The number of allylic oxidation sites excluding steroid dienone is 1. The number of ketones is 1. The van der Waals surface area contributed by atoms with Crippen LogP contribution in [0.5, 0.6) is 0 Å². The van der Waals surface area contributed by atoms with E-state index < -0.39 is 0 Å². The van der Waals surface area contributed by atoms with Crippen LogP contribution < -0.4 is 0 Å². The molecule has 0 spiro atoms. The normalized spacial score (nSPS) is 41.5. The Hall–Kier alpha value is -0.630. The Morgan fingerprint density at radius 2 is 2.55 bits per heavy atom. The van der Waals surface area contributed by atoms with E-state index in [1.165, 1.54) is 0 Å². The highest BCUT2D eigenvalue weighted by atomic mass is 16.5. The molecule has 1 saturated carbocycles. The van der Waals surface area contributed by atoms with E-state index >= 15 is 0 Å². The van der Waals surface area contributed by atoms with Gasteiger partial charge in [-0.1, -0.05) is 12.2 Å². The molecule has 2 bridgehead atoms. The van der Waals surface area contributed by atoms with Crippen LogP contribution in [0.4, 0.5) is 0 Å². The minimum Gasteiger partial charge on any atom is -0.374 e. The molecule has 0 aromatic rings. The quantitative estimate of drug-likeness (QED) is 0.529. The van der Waals surface area contributed by atoms with Crippen molar-refractivity contribution in [1.29, 1.82) is 0 Å². The van der Waals surface area contributed by atoms with E-state index in [4.69, 9.17) is 4.74 Å². The number of hydrogen-bond acceptors (Lipinski definition) is 2. The lowest BCUT2D eigenvalue weighted by atomic mass is 9.72. The molecular weight excluding hydrogens is 140 g/mol. The van der Waals surface area contributed by atoms with Gasteiger partial charge in [-0.25, -0.2) is 0 Å². The molecule has 0 radical (unpaired) electrons. The first-order valence-electron chi connectivity index (χ1n) is 4.03. The van der Waals surface area contributed by atoms with E-state index in [-0.39, 0.29) is 11.5 Å². The summed E-state index contributed by atoms with van der Waals surface area (Å²) in [6, 6.07) is 0. The van der Waals surface area contributed by atoms with Crippen molar-refractivity contribution in [3.05, 3.63) is 12.2 Å². The number of carbonyl (C=O) groups is 1. The Labute approximate surface area is 66.2 Å². The monoisotopic (exact) mass is 152 g/mol. The largest absolute Gasteiger partial charge is 0.374 e. The molecule has 0 saturated heterocycles. The molecule has 0 aromatic heterocycles. The van der Waals surface area contributed by atoms with Crippen LogP contribution in [0.2, 0.25) is 0 Å². The van der Waals surface area contributed by atoms with Gasteiger partial charge in [-0.05, 0) is 12.8 Å². The van der Waals surface area contributed by atoms with Gasteiger partial charge < -0.3 is 4.74 Å². The fourth-order valence-electron chi connectivity index (χ4n) is 1.95. The molecule has 0 aromatic carbocycles. The van der Waals surface area contributed by atoms with Crippen molar-refractivity contribution in [1.82, 2.24) is 0 Å². The van der Waals surface area contributed by atoms with Gasteiger partial charge in [0.15, 0.2) is 0 Å². The van der Waals surface area contributed by atoms with E-state index in [1.54, 1.807) is 7.11 Å². The van der Waals surface area contributed by atoms with Crippen molar-refractivity contribution >= 4 is 5.78 Å². The first-order chi connectivity index (χ1) is 5.26. The van der Waals surface area contributed by atoms with E-state index in [0.29, 0.717) is 12.2 Å². The Morgan fingerprint density at radius 3 is 2.91 bits per heavy atom. The third kappa shape index (κ3) is 0.932. The predicted molar refractivity (Wildman–Crippen MR) is 41.2 cm³/mol. The lowest BCUT2D eigenvalue weighted by molar-refractivity contribution is -0.132. The second-order valence-electron chi connectivity index (χ2n) is 3.42. The minimum absolute atomic E-state index is 0.201. The maximum Gasteiger partial charge on any atom is 0.142 e. The van der Waals surface area contributed by atoms with Gasteiger partial charge in [-0.3, -0.25) is 4.79 Å². The summed E-state index contributed by atoms with van der Waals surface area (Å²) in [4.78, 5) is 11.3. The number of fused-ring (bicyclic) bond motifs is 2. The smallest absolute Gasteiger partial charge is 0.142 e. The molecule has 11 heavy (non-hydrogen) atoms. The van der Waals surface area contributed by atoms with Crippen molar-refractivity contribution in [2.45, 2.75) is 24.9 Å². The van der Waals surface area contributed by atoms with Crippen LogP contribution in [0.3, 0.4) is 0 Å². The fourth-order valence-corrected chi connectivity index (χ4v) is 1.95. The molecule has 1 fully saturated rings. The topological polar surface area (TPSA) is 26.3 Å². The maximum absolute atomic E-state index is 11.3. The van der Waals surface area contributed by atoms with Gasteiger partial charge in [0.2, 0.25) is 0 Å².